The van der Waals surface area contributed by atoms with Gasteiger partial charge in [-0.1, -0.05) is 42.5 Å². The smallest absolute Gasteiger partial charge is 0.244 e. The molecule has 0 heterocycles. The van der Waals surface area contributed by atoms with Crippen LogP contribution in [0, 0.1) is 0 Å². The van der Waals surface area contributed by atoms with Crippen molar-refractivity contribution in [3.05, 3.63) is 65.7 Å². The highest BCUT2D eigenvalue weighted by atomic mass is 16.5. The van der Waals surface area contributed by atoms with E-state index in [2.05, 4.69) is 5.32 Å². The van der Waals surface area contributed by atoms with Crippen molar-refractivity contribution in [1.82, 2.24) is 5.32 Å². The number of methoxy groups -OCH3 is 1. The number of benzene rings is 2. The topological polar surface area (TPSA) is 64.3 Å². The second-order valence-corrected chi connectivity index (χ2v) is 5.42. The van der Waals surface area contributed by atoms with E-state index in [9.17, 15) is 4.79 Å². The average molecular weight is 298 g/mol. The SMILES string of the molecule is COc1ccc(CCNC(=O)C(C)(N)c2ccccc2)cc1. The lowest BCUT2D eigenvalue weighted by Gasteiger charge is -2.24. The van der Waals surface area contributed by atoms with Crippen LogP contribution in [0.2, 0.25) is 0 Å². The van der Waals surface area contributed by atoms with Crippen LogP contribution in [0.5, 0.6) is 5.75 Å². The summed E-state index contributed by atoms with van der Waals surface area (Å²) in [6.07, 6.45) is 0.751. The molecule has 4 nitrogen and oxygen atoms in total. The van der Waals surface area contributed by atoms with Crippen LogP contribution in [0.4, 0.5) is 0 Å². The highest BCUT2D eigenvalue weighted by Gasteiger charge is 2.29. The molecule has 2 aromatic rings. The Hall–Kier alpha value is -2.33. The summed E-state index contributed by atoms with van der Waals surface area (Å²) < 4.78 is 5.12. The molecule has 0 aliphatic rings. The maximum atomic E-state index is 12.3. The van der Waals surface area contributed by atoms with E-state index in [1.54, 1.807) is 14.0 Å². The number of nitrogens with one attached hydrogen (secondary N) is 1. The normalized spacial score (nSPS) is 13.2. The van der Waals surface area contributed by atoms with Crippen molar-refractivity contribution < 1.29 is 9.53 Å². The van der Waals surface area contributed by atoms with E-state index in [0.29, 0.717) is 6.54 Å². The maximum Gasteiger partial charge on any atom is 0.244 e. The van der Waals surface area contributed by atoms with Crippen molar-refractivity contribution in [2.45, 2.75) is 18.9 Å². The number of hydrogen-bond acceptors (Lipinski definition) is 3. The first-order valence-corrected chi connectivity index (χ1v) is 7.29. The summed E-state index contributed by atoms with van der Waals surface area (Å²) in [6, 6.07) is 17.2. The molecule has 0 aliphatic carbocycles. The van der Waals surface area contributed by atoms with E-state index in [4.69, 9.17) is 10.5 Å². The molecule has 116 valence electrons. The number of nitrogens with two attached hydrogens (primary N) is 1. The van der Waals surface area contributed by atoms with Crippen LogP contribution < -0.4 is 15.8 Å². The number of carbonyl (C=O) groups is 1. The van der Waals surface area contributed by atoms with E-state index in [1.807, 2.05) is 54.6 Å². The standard InChI is InChI=1S/C18H22N2O2/c1-18(19,15-6-4-3-5-7-15)17(21)20-13-12-14-8-10-16(22-2)11-9-14/h3-11H,12-13,19H2,1-2H3,(H,20,21). The maximum absolute atomic E-state index is 12.3. The average Bonchev–Trinajstić information content (AvgIpc) is 2.56. The molecule has 1 unspecified atom stereocenters. The zero-order valence-electron chi connectivity index (χ0n) is 13.0. The van der Waals surface area contributed by atoms with Crippen LogP contribution in [0.3, 0.4) is 0 Å². The van der Waals surface area contributed by atoms with Gasteiger partial charge in [0.15, 0.2) is 0 Å². The second kappa shape index (κ2) is 7.09. The van der Waals surface area contributed by atoms with Gasteiger partial charge in [-0.15, -0.1) is 0 Å². The number of rotatable bonds is 6. The van der Waals surface area contributed by atoms with Crippen LogP contribution >= 0.6 is 0 Å². The molecule has 0 aromatic heterocycles. The van der Waals surface area contributed by atoms with Gasteiger partial charge in [-0.05, 0) is 36.6 Å². The molecular weight excluding hydrogens is 276 g/mol. The summed E-state index contributed by atoms with van der Waals surface area (Å²) in [4.78, 5) is 12.3. The van der Waals surface area contributed by atoms with Gasteiger partial charge >= 0.3 is 0 Å². The van der Waals surface area contributed by atoms with Gasteiger partial charge in [-0.2, -0.15) is 0 Å². The van der Waals surface area contributed by atoms with Crippen LogP contribution in [-0.2, 0) is 16.8 Å². The fourth-order valence-corrected chi connectivity index (χ4v) is 2.21. The van der Waals surface area contributed by atoms with E-state index in [-0.39, 0.29) is 5.91 Å². The molecular formula is C18H22N2O2. The van der Waals surface area contributed by atoms with Gasteiger partial charge < -0.3 is 15.8 Å². The largest absolute Gasteiger partial charge is 0.497 e. The first kappa shape index (κ1) is 16.0. The summed E-state index contributed by atoms with van der Waals surface area (Å²) >= 11 is 0. The highest BCUT2D eigenvalue weighted by molar-refractivity contribution is 5.86. The third-order valence-corrected chi connectivity index (χ3v) is 3.70. The third-order valence-electron chi connectivity index (χ3n) is 3.70. The molecule has 0 saturated heterocycles. The Bertz CT molecular complexity index is 607. The Morgan fingerprint density at radius 2 is 1.77 bits per heavy atom. The summed E-state index contributed by atoms with van der Waals surface area (Å²) in [5.41, 5.74) is 7.08. The van der Waals surface area contributed by atoms with Crippen molar-refractivity contribution in [3.63, 3.8) is 0 Å². The van der Waals surface area contributed by atoms with Crippen LogP contribution in [-0.4, -0.2) is 19.6 Å². The lowest BCUT2D eigenvalue weighted by atomic mass is 9.92. The van der Waals surface area contributed by atoms with Crippen molar-refractivity contribution in [2.24, 2.45) is 5.73 Å². The predicted molar refractivity (Wildman–Crippen MR) is 87.7 cm³/mol. The lowest BCUT2D eigenvalue weighted by Crippen LogP contribution is -2.49. The van der Waals surface area contributed by atoms with Crippen LogP contribution in [0.1, 0.15) is 18.1 Å². The molecule has 22 heavy (non-hydrogen) atoms. The van der Waals surface area contributed by atoms with Crippen molar-refractivity contribution >= 4 is 5.91 Å². The number of amides is 1. The molecule has 2 rings (SSSR count). The van der Waals surface area contributed by atoms with E-state index >= 15 is 0 Å². The highest BCUT2D eigenvalue weighted by Crippen LogP contribution is 2.17. The number of ether oxygens (including phenoxy) is 1. The van der Waals surface area contributed by atoms with Crippen LogP contribution in [0.25, 0.3) is 0 Å². The minimum atomic E-state index is -1.03. The van der Waals surface area contributed by atoms with Gasteiger partial charge in [-0.3, -0.25) is 4.79 Å². The quantitative estimate of drug-likeness (QED) is 0.859. The van der Waals surface area contributed by atoms with E-state index in [0.717, 1.165) is 23.3 Å². The molecule has 4 heteroatoms. The first-order chi connectivity index (χ1) is 10.5. The van der Waals surface area contributed by atoms with Crippen molar-refractivity contribution in [3.8, 4) is 5.75 Å². The Kier molecular flexibility index (Phi) is 5.17. The molecule has 1 amide bonds. The summed E-state index contributed by atoms with van der Waals surface area (Å²) in [5.74, 6) is 0.651. The Morgan fingerprint density at radius 1 is 1.14 bits per heavy atom. The molecule has 1 atom stereocenters. The fourth-order valence-electron chi connectivity index (χ4n) is 2.21. The van der Waals surface area contributed by atoms with Crippen molar-refractivity contribution in [1.29, 1.82) is 0 Å². The van der Waals surface area contributed by atoms with Gasteiger partial charge in [0.05, 0.1) is 7.11 Å². The van der Waals surface area contributed by atoms with Crippen LogP contribution in [0.15, 0.2) is 54.6 Å². The zero-order chi connectivity index (χ0) is 16.0. The fraction of sp³-hybridized carbons (Fsp3) is 0.278. The van der Waals surface area contributed by atoms with Gasteiger partial charge in [0.2, 0.25) is 5.91 Å². The third kappa shape index (κ3) is 3.86. The van der Waals surface area contributed by atoms with Gasteiger partial charge in [-0.25, -0.2) is 0 Å². The molecule has 0 spiro atoms. The van der Waals surface area contributed by atoms with E-state index < -0.39 is 5.54 Å². The summed E-state index contributed by atoms with van der Waals surface area (Å²) in [5, 5.41) is 2.90. The minimum Gasteiger partial charge on any atom is -0.497 e. The van der Waals surface area contributed by atoms with Crippen molar-refractivity contribution in [2.75, 3.05) is 13.7 Å². The number of hydrogen-bond donors (Lipinski definition) is 2. The molecule has 3 N–H and O–H groups in total. The second-order valence-electron chi connectivity index (χ2n) is 5.42. The number of carbonyl (C=O) groups excluding carboxylic acids is 1. The predicted octanol–water partition coefficient (Wildman–Crippen LogP) is 2.23. The Morgan fingerprint density at radius 3 is 2.36 bits per heavy atom. The molecule has 0 radical (unpaired) electrons. The minimum absolute atomic E-state index is 0.174. The van der Waals surface area contributed by atoms with Gasteiger partial charge in [0.25, 0.3) is 0 Å². The van der Waals surface area contributed by atoms with Gasteiger partial charge in [0, 0.05) is 6.54 Å². The van der Waals surface area contributed by atoms with Gasteiger partial charge in [0.1, 0.15) is 11.3 Å². The summed E-state index contributed by atoms with van der Waals surface area (Å²) in [7, 11) is 1.64. The molecule has 2 aromatic carbocycles. The molecule has 0 aliphatic heterocycles. The van der Waals surface area contributed by atoms with E-state index in [1.165, 1.54) is 0 Å². The molecule has 0 bridgehead atoms. The monoisotopic (exact) mass is 298 g/mol. The Balaban J connectivity index is 1.89. The Labute approximate surface area is 131 Å². The molecule has 0 saturated carbocycles. The zero-order valence-corrected chi connectivity index (χ0v) is 13.0. The first-order valence-electron chi connectivity index (χ1n) is 7.29. The summed E-state index contributed by atoms with van der Waals surface area (Å²) in [6.45, 7) is 2.27. The lowest BCUT2D eigenvalue weighted by molar-refractivity contribution is -0.126. The molecule has 0 fully saturated rings.